The average Bonchev–Trinajstić information content (AvgIpc) is 2.73. The van der Waals surface area contributed by atoms with Crippen LogP contribution in [0.2, 0.25) is 0 Å². The fourth-order valence-electron chi connectivity index (χ4n) is 4.92. The van der Waals surface area contributed by atoms with E-state index in [2.05, 4.69) is 11.8 Å². The Hall–Kier alpha value is -1.44. The first-order chi connectivity index (χ1) is 13.9. The van der Waals surface area contributed by atoms with E-state index < -0.39 is 10.0 Å². The van der Waals surface area contributed by atoms with Gasteiger partial charge in [-0.3, -0.25) is 9.69 Å². The molecular formula is C22H33N3O3S. The Bertz CT molecular complexity index is 847. The minimum Gasteiger partial charge on any atom is -0.339 e. The maximum Gasteiger partial charge on any atom is 0.243 e. The molecule has 2 fully saturated rings. The second kappa shape index (κ2) is 8.74. The molecule has 0 aromatic heterocycles. The molecule has 0 bridgehead atoms. The summed E-state index contributed by atoms with van der Waals surface area (Å²) in [6, 6.07) is 5.62. The maximum absolute atomic E-state index is 13.1. The summed E-state index contributed by atoms with van der Waals surface area (Å²) >= 11 is 0. The monoisotopic (exact) mass is 419 g/mol. The Balaban J connectivity index is 1.35. The normalized spacial score (nSPS) is 24.3. The van der Waals surface area contributed by atoms with Gasteiger partial charge in [0.05, 0.1) is 11.4 Å². The van der Waals surface area contributed by atoms with Crippen LogP contribution in [0.25, 0.3) is 0 Å². The van der Waals surface area contributed by atoms with E-state index in [1.807, 2.05) is 17.0 Å². The summed E-state index contributed by atoms with van der Waals surface area (Å²) in [4.78, 5) is 17.2. The predicted molar refractivity (Wildman–Crippen MR) is 113 cm³/mol. The summed E-state index contributed by atoms with van der Waals surface area (Å²) in [5.41, 5.74) is 2.47. The Morgan fingerprint density at radius 3 is 2.45 bits per heavy atom. The molecule has 2 aliphatic heterocycles. The van der Waals surface area contributed by atoms with E-state index in [9.17, 15) is 13.2 Å². The third-order valence-corrected chi connectivity index (χ3v) is 8.54. The van der Waals surface area contributed by atoms with Crippen LogP contribution in [0.3, 0.4) is 0 Å². The van der Waals surface area contributed by atoms with Crippen molar-refractivity contribution in [3.63, 3.8) is 0 Å². The summed E-state index contributed by atoms with van der Waals surface area (Å²) in [6.07, 6.45) is 6.73. The minimum atomic E-state index is -3.49. The van der Waals surface area contributed by atoms with Gasteiger partial charge in [0.25, 0.3) is 0 Å². The van der Waals surface area contributed by atoms with Crippen LogP contribution in [0.15, 0.2) is 23.1 Å². The third kappa shape index (κ3) is 4.67. The number of aryl methyl sites for hydroxylation is 2. The van der Waals surface area contributed by atoms with Gasteiger partial charge in [0.2, 0.25) is 15.9 Å². The number of hydrogen-bond acceptors (Lipinski definition) is 4. The van der Waals surface area contributed by atoms with Gasteiger partial charge >= 0.3 is 0 Å². The van der Waals surface area contributed by atoms with Crippen molar-refractivity contribution in [2.45, 2.75) is 50.3 Å². The summed E-state index contributed by atoms with van der Waals surface area (Å²) in [7, 11) is -3.49. The quantitative estimate of drug-likeness (QED) is 0.750. The van der Waals surface area contributed by atoms with Crippen LogP contribution in [0, 0.1) is 5.92 Å². The maximum atomic E-state index is 13.1. The highest BCUT2D eigenvalue weighted by molar-refractivity contribution is 7.89. The summed E-state index contributed by atoms with van der Waals surface area (Å²) in [5, 5.41) is 0. The van der Waals surface area contributed by atoms with Gasteiger partial charge in [0.15, 0.2) is 0 Å². The molecule has 3 aliphatic rings. The van der Waals surface area contributed by atoms with Gasteiger partial charge in [0.1, 0.15) is 0 Å². The molecule has 4 rings (SSSR count). The molecule has 1 aromatic carbocycles. The first-order valence-corrected chi connectivity index (χ1v) is 12.5. The van der Waals surface area contributed by atoms with Crippen molar-refractivity contribution >= 4 is 15.9 Å². The van der Waals surface area contributed by atoms with Crippen molar-refractivity contribution in [3.8, 4) is 0 Å². The Morgan fingerprint density at radius 1 is 1.00 bits per heavy atom. The van der Waals surface area contributed by atoms with Crippen molar-refractivity contribution < 1.29 is 13.2 Å². The highest BCUT2D eigenvalue weighted by Gasteiger charge is 2.31. The molecule has 7 heteroatoms. The van der Waals surface area contributed by atoms with Gasteiger partial charge in [-0.05, 0) is 74.2 Å². The number of piperazine rings is 1. The van der Waals surface area contributed by atoms with Crippen molar-refractivity contribution in [1.29, 1.82) is 0 Å². The van der Waals surface area contributed by atoms with Crippen LogP contribution in [-0.4, -0.2) is 74.2 Å². The molecule has 6 nitrogen and oxygen atoms in total. The molecule has 160 valence electrons. The number of carbonyl (C=O) groups excluding carboxylic acids is 1. The lowest BCUT2D eigenvalue weighted by Crippen LogP contribution is -2.53. The number of piperidine rings is 1. The van der Waals surface area contributed by atoms with E-state index in [4.69, 9.17) is 0 Å². The Kier molecular flexibility index (Phi) is 6.27. The molecule has 2 heterocycles. The number of amides is 1. The fourth-order valence-corrected chi connectivity index (χ4v) is 6.39. The van der Waals surface area contributed by atoms with E-state index in [1.165, 1.54) is 24.0 Å². The standard InChI is InChI=1S/C22H33N3O3S/c1-18-5-4-10-23(16-18)17-22(26)24-11-13-25(14-12-24)29(27,28)21-9-8-19-6-2-3-7-20(19)15-21/h8-9,15,18H,2-7,10-14,16-17H2,1H3/t18-/m1/s1. The van der Waals surface area contributed by atoms with Crippen molar-refractivity contribution in [1.82, 2.24) is 14.1 Å². The zero-order valence-corrected chi connectivity index (χ0v) is 18.3. The number of nitrogens with zero attached hydrogens (tertiary/aromatic N) is 3. The molecule has 1 amide bonds. The Labute approximate surface area is 174 Å². The number of hydrogen-bond donors (Lipinski definition) is 0. The van der Waals surface area contributed by atoms with Crippen LogP contribution < -0.4 is 0 Å². The van der Waals surface area contributed by atoms with Crippen LogP contribution >= 0.6 is 0 Å². The number of benzene rings is 1. The largest absolute Gasteiger partial charge is 0.339 e. The van der Waals surface area contributed by atoms with Crippen LogP contribution in [0.5, 0.6) is 0 Å². The SMILES string of the molecule is C[C@@H]1CCCN(CC(=O)N2CCN(S(=O)(=O)c3ccc4c(c3)CCCC4)CC2)C1. The summed E-state index contributed by atoms with van der Waals surface area (Å²) in [6.45, 7) is 6.38. The molecule has 0 spiro atoms. The lowest BCUT2D eigenvalue weighted by atomic mass is 9.92. The van der Waals surface area contributed by atoms with Gasteiger partial charge in [-0.1, -0.05) is 13.0 Å². The zero-order chi connectivity index (χ0) is 20.4. The van der Waals surface area contributed by atoms with Gasteiger partial charge in [0, 0.05) is 32.7 Å². The van der Waals surface area contributed by atoms with Crippen LogP contribution in [0.4, 0.5) is 0 Å². The summed E-state index contributed by atoms with van der Waals surface area (Å²) < 4.78 is 27.8. The van der Waals surface area contributed by atoms with Gasteiger partial charge in [-0.15, -0.1) is 0 Å². The average molecular weight is 420 g/mol. The van der Waals surface area contributed by atoms with E-state index in [-0.39, 0.29) is 5.91 Å². The fraction of sp³-hybridized carbons (Fsp3) is 0.682. The molecule has 2 saturated heterocycles. The molecule has 0 saturated carbocycles. The van der Waals surface area contributed by atoms with E-state index in [0.29, 0.717) is 43.5 Å². The zero-order valence-electron chi connectivity index (χ0n) is 17.5. The molecule has 0 radical (unpaired) electrons. The number of sulfonamides is 1. The highest BCUT2D eigenvalue weighted by atomic mass is 32.2. The van der Waals surface area contributed by atoms with E-state index in [0.717, 1.165) is 38.8 Å². The predicted octanol–water partition coefficient (Wildman–Crippen LogP) is 2.13. The number of rotatable bonds is 4. The van der Waals surface area contributed by atoms with Gasteiger partial charge in [-0.25, -0.2) is 8.42 Å². The third-order valence-electron chi connectivity index (χ3n) is 6.65. The second-order valence-electron chi connectivity index (χ2n) is 8.91. The van der Waals surface area contributed by atoms with Crippen LogP contribution in [-0.2, 0) is 27.7 Å². The summed E-state index contributed by atoms with van der Waals surface area (Å²) in [5.74, 6) is 0.778. The van der Waals surface area contributed by atoms with Gasteiger partial charge in [-0.2, -0.15) is 4.31 Å². The lowest BCUT2D eigenvalue weighted by Gasteiger charge is -2.36. The molecule has 0 N–H and O–H groups in total. The number of fused-ring (bicyclic) bond motifs is 1. The first-order valence-electron chi connectivity index (χ1n) is 11.1. The lowest BCUT2D eigenvalue weighted by molar-refractivity contribution is -0.134. The Morgan fingerprint density at radius 2 is 1.72 bits per heavy atom. The molecule has 1 aliphatic carbocycles. The first kappa shape index (κ1) is 20.8. The highest BCUT2D eigenvalue weighted by Crippen LogP contribution is 2.26. The molecule has 1 atom stereocenters. The second-order valence-corrected chi connectivity index (χ2v) is 10.8. The number of carbonyl (C=O) groups is 1. The van der Waals surface area contributed by atoms with Crippen molar-refractivity contribution in [2.75, 3.05) is 45.8 Å². The van der Waals surface area contributed by atoms with Crippen molar-refractivity contribution in [2.24, 2.45) is 5.92 Å². The van der Waals surface area contributed by atoms with Crippen molar-refractivity contribution in [3.05, 3.63) is 29.3 Å². The van der Waals surface area contributed by atoms with E-state index >= 15 is 0 Å². The molecular weight excluding hydrogens is 386 g/mol. The molecule has 1 aromatic rings. The smallest absolute Gasteiger partial charge is 0.243 e. The topological polar surface area (TPSA) is 60.9 Å². The minimum absolute atomic E-state index is 0.130. The van der Waals surface area contributed by atoms with Crippen LogP contribution in [0.1, 0.15) is 43.7 Å². The van der Waals surface area contributed by atoms with Gasteiger partial charge < -0.3 is 4.90 Å². The van der Waals surface area contributed by atoms with E-state index in [1.54, 1.807) is 10.4 Å². The molecule has 29 heavy (non-hydrogen) atoms. The number of likely N-dealkylation sites (tertiary alicyclic amines) is 1. The molecule has 0 unspecified atom stereocenters.